The minimum atomic E-state index is -0.829. The van der Waals surface area contributed by atoms with Crippen molar-refractivity contribution in [3.8, 4) is 0 Å². The van der Waals surface area contributed by atoms with Crippen molar-refractivity contribution in [2.45, 2.75) is 39.0 Å². The molecule has 1 aromatic heterocycles. The molecule has 0 bridgehead atoms. The highest BCUT2D eigenvalue weighted by Gasteiger charge is 2.24. The van der Waals surface area contributed by atoms with Crippen LogP contribution in [0.2, 0.25) is 0 Å². The van der Waals surface area contributed by atoms with Crippen molar-refractivity contribution in [1.29, 1.82) is 0 Å². The summed E-state index contributed by atoms with van der Waals surface area (Å²) in [5.41, 5.74) is 3.32. The second-order valence-electron chi connectivity index (χ2n) is 4.34. The second kappa shape index (κ2) is 3.65. The third-order valence-corrected chi connectivity index (χ3v) is 2.94. The Balaban J connectivity index is 2.63. The van der Waals surface area contributed by atoms with Gasteiger partial charge in [-0.25, -0.2) is 4.79 Å². The summed E-state index contributed by atoms with van der Waals surface area (Å²) in [7, 11) is 0. The number of aromatic nitrogens is 1. The van der Waals surface area contributed by atoms with Gasteiger partial charge in [0.05, 0.1) is 11.3 Å². The van der Waals surface area contributed by atoms with Gasteiger partial charge < -0.3 is 5.11 Å². The number of rotatable bonds is 2. The third-order valence-electron chi connectivity index (χ3n) is 2.94. The van der Waals surface area contributed by atoms with E-state index >= 15 is 0 Å². The van der Waals surface area contributed by atoms with E-state index in [2.05, 4.69) is 4.98 Å². The summed E-state index contributed by atoms with van der Waals surface area (Å²) in [5.74, 6) is -0.660. The van der Waals surface area contributed by atoms with Crippen LogP contribution in [0.1, 0.15) is 53.4 Å². The number of pyridine rings is 1. The maximum absolute atomic E-state index is 11.2. The van der Waals surface area contributed by atoms with Gasteiger partial charge in [0.15, 0.2) is 0 Å². The Bertz CT molecular complexity index is 410. The van der Waals surface area contributed by atoms with Crippen molar-refractivity contribution in [3.63, 3.8) is 0 Å². The molecule has 1 aliphatic carbocycles. The van der Waals surface area contributed by atoms with Crippen LogP contribution in [0.25, 0.3) is 0 Å². The van der Waals surface area contributed by atoms with Crippen molar-refractivity contribution in [3.05, 3.63) is 28.6 Å². The number of hydrogen-bond donors (Lipinski definition) is 1. The van der Waals surface area contributed by atoms with Crippen LogP contribution < -0.4 is 0 Å². The predicted octanol–water partition coefficient (Wildman–Crippen LogP) is 2.39. The first-order chi connectivity index (χ1) is 7.11. The topological polar surface area (TPSA) is 50.2 Å². The number of fused-ring (bicyclic) bond motifs is 1. The molecule has 0 atom stereocenters. The van der Waals surface area contributed by atoms with Gasteiger partial charge in [0.2, 0.25) is 0 Å². The molecule has 80 valence electrons. The maximum atomic E-state index is 11.2. The largest absolute Gasteiger partial charge is 0.478 e. The van der Waals surface area contributed by atoms with E-state index in [1.54, 1.807) is 0 Å². The van der Waals surface area contributed by atoms with Crippen LogP contribution in [0.3, 0.4) is 0 Å². The van der Waals surface area contributed by atoms with Gasteiger partial charge in [0.1, 0.15) is 0 Å². The fourth-order valence-electron chi connectivity index (χ4n) is 2.24. The van der Waals surface area contributed by atoms with E-state index in [1.165, 1.54) is 0 Å². The fourth-order valence-corrected chi connectivity index (χ4v) is 2.24. The fraction of sp³-hybridized carbons (Fsp3) is 0.500. The number of carbonyl (C=O) groups is 1. The Morgan fingerprint density at radius 2 is 2.20 bits per heavy atom. The van der Waals surface area contributed by atoms with E-state index in [0.717, 1.165) is 36.1 Å². The highest BCUT2D eigenvalue weighted by atomic mass is 16.4. The lowest BCUT2D eigenvalue weighted by Gasteiger charge is -2.12. The predicted molar refractivity (Wildman–Crippen MR) is 57.3 cm³/mol. The molecule has 15 heavy (non-hydrogen) atoms. The molecule has 2 rings (SSSR count). The van der Waals surface area contributed by atoms with Gasteiger partial charge in [-0.15, -0.1) is 0 Å². The van der Waals surface area contributed by atoms with E-state index in [1.807, 2.05) is 20.0 Å². The molecule has 1 heterocycles. The average molecular weight is 205 g/mol. The SMILES string of the molecule is CC(C)c1ncc2c(c1C(=O)O)CCC2. The monoisotopic (exact) mass is 205 g/mol. The molecule has 0 saturated heterocycles. The molecule has 3 heteroatoms. The molecule has 0 amide bonds. The Kier molecular flexibility index (Phi) is 2.47. The van der Waals surface area contributed by atoms with Gasteiger partial charge in [0, 0.05) is 6.20 Å². The van der Waals surface area contributed by atoms with E-state index in [-0.39, 0.29) is 5.92 Å². The summed E-state index contributed by atoms with van der Waals surface area (Å²) in [5, 5.41) is 9.24. The van der Waals surface area contributed by atoms with Crippen molar-refractivity contribution < 1.29 is 9.90 Å². The molecule has 0 aliphatic heterocycles. The van der Waals surface area contributed by atoms with Crippen LogP contribution in [0, 0.1) is 0 Å². The molecule has 0 aromatic carbocycles. The zero-order valence-electron chi connectivity index (χ0n) is 9.08. The molecule has 1 N–H and O–H groups in total. The molecule has 0 spiro atoms. The zero-order chi connectivity index (χ0) is 11.0. The van der Waals surface area contributed by atoms with Crippen LogP contribution in [0.4, 0.5) is 0 Å². The molecule has 0 fully saturated rings. The summed E-state index contributed by atoms with van der Waals surface area (Å²) in [6.45, 7) is 3.96. The highest BCUT2D eigenvalue weighted by molar-refractivity contribution is 5.91. The average Bonchev–Trinajstić information content (AvgIpc) is 2.62. The summed E-state index contributed by atoms with van der Waals surface area (Å²) in [6.07, 6.45) is 4.77. The smallest absolute Gasteiger partial charge is 0.337 e. The zero-order valence-corrected chi connectivity index (χ0v) is 9.08. The highest BCUT2D eigenvalue weighted by Crippen LogP contribution is 2.29. The van der Waals surface area contributed by atoms with E-state index in [9.17, 15) is 9.90 Å². The summed E-state index contributed by atoms with van der Waals surface area (Å²) >= 11 is 0. The normalized spacial score (nSPS) is 14.3. The Hall–Kier alpha value is -1.38. The van der Waals surface area contributed by atoms with Crippen molar-refractivity contribution in [1.82, 2.24) is 4.98 Å². The lowest BCUT2D eigenvalue weighted by atomic mass is 9.97. The summed E-state index contributed by atoms with van der Waals surface area (Å²) in [6, 6.07) is 0. The Morgan fingerprint density at radius 3 is 2.80 bits per heavy atom. The van der Waals surface area contributed by atoms with E-state index < -0.39 is 5.97 Å². The van der Waals surface area contributed by atoms with Crippen LogP contribution >= 0.6 is 0 Å². The molecular formula is C12H15NO2. The molecule has 1 aliphatic rings. The second-order valence-corrected chi connectivity index (χ2v) is 4.34. The standard InChI is InChI=1S/C12H15NO2/c1-7(2)11-10(12(14)15)9-5-3-4-8(9)6-13-11/h6-7H,3-5H2,1-2H3,(H,14,15). The molecule has 0 unspecified atom stereocenters. The van der Waals surface area contributed by atoms with Crippen molar-refractivity contribution >= 4 is 5.97 Å². The Morgan fingerprint density at radius 1 is 1.47 bits per heavy atom. The number of hydrogen-bond acceptors (Lipinski definition) is 2. The van der Waals surface area contributed by atoms with Crippen molar-refractivity contribution in [2.75, 3.05) is 0 Å². The van der Waals surface area contributed by atoms with Crippen LogP contribution in [-0.4, -0.2) is 16.1 Å². The Labute approximate surface area is 89.2 Å². The molecular weight excluding hydrogens is 190 g/mol. The van der Waals surface area contributed by atoms with E-state index in [4.69, 9.17) is 0 Å². The van der Waals surface area contributed by atoms with Gasteiger partial charge in [-0.3, -0.25) is 4.98 Å². The van der Waals surface area contributed by atoms with Gasteiger partial charge in [-0.1, -0.05) is 13.8 Å². The maximum Gasteiger partial charge on any atom is 0.337 e. The molecule has 0 saturated carbocycles. The van der Waals surface area contributed by atoms with Gasteiger partial charge in [0.25, 0.3) is 0 Å². The summed E-state index contributed by atoms with van der Waals surface area (Å²) < 4.78 is 0. The lowest BCUT2D eigenvalue weighted by molar-refractivity contribution is 0.0693. The first-order valence-corrected chi connectivity index (χ1v) is 5.35. The van der Waals surface area contributed by atoms with E-state index in [0.29, 0.717) is 5.56 Å². The van der Waals surface area contributed by atoms with Crippen molar-refractivity contribution in [2.24, 2.45) is 0 Å². The van der Waals surface area contributed by atoms with Gasteiger partial charge in [-0.05, 0) is 36.3 Å². The minimum absolute atomic E-state index is 0.169. The molecule has 1 aromatic rings. The minimum Gasteiger partial charge on any atom is -0.478 e. The number of carboxylic acid groups (broad SMARTS) is 1. The molecule has 0 radical (unpaired) electrons. The number of aryl methyl sites for hydroxylation is 1. The first-order valence-electron chi connectivity index (χ1n) is 5.35. The number of carboxylic acids is 1. The van der Waals surface area contributed by atoms with Gasteiger partial charge >= 0.3 is 5.97 Å². The van der Waals surface area contributed by atoms with Crippen LogP contribution in [-0.2, 0) is 12.8 Å². The first kappa shape index (κ1) is 10.1. The van der Waals surface area contributed by atoms with Crippen LogP contribution in [0.5, 0.6) is 0 Å². The summed E-state index contributed by atoms with van der Waals surface area (Å²) in [4.78, 5) is 15.5. The number of aromatic carboxylic acids is 1. The third kappa shape index (κ3) is 1.62. The van der Waals surface area contributed by atoms with Crippen LogP contribution in [0.15, 0.2) is 6.20 Å². The number of nitrogens with zero attached hydrogens (tertiary/aromatic N) is 1. The molecule has 3 nitrogen and oxygen atoms in total. The lowest BCUT2D eigenvalue weighted by Crippen LogP contribution is -2.10. The quantitative estimate of drug-likeness (QED) is 0.806. The van der Waals surface area contributed by atoms with Gasteiger partial charge in [-0.2, -0.15) is 0 Å².